The van der Waals surface area contributed by atoms with Crippen LogP contribution in [0.4, 0.5) is 4.79 Å². The third-order valence-electron chi connectivity index (χ3n) is 0.998. The van der Waals surface area contributed by atoms with Crippen molar-refractivity contribution in [1.82, 2.24) is 4.90 Å². The molecule has 0 aromatic carbocycles. The number of carbonyl (C=O) groups is 2. The van der Waals surface area contributed by atoms with Crippen molar-refractivity contribution in [2.24, 2.45) is 5.73 Å². The van der Waals surface area contributed by atoms with Gasteiger partial charge in [-0.15, -0.1) is 11.6 Å². The largest absolute Gasteiger partial charge is 0.351 e. The highest BCUT2D eigenvalue weighted by Crippen LogP contribution is 1.90. The first kappa shape index (κ1) is 9.23. The number of nitrogens with zero attached hydrogens (tertiary/aromatic N) is 1. The van der Waals surface area contributed by atoms with Crippen LogP contribution in [0.15, 0.2) is 0 Å². The Morgan fingerprint density at radius 1 is 1.60 bits per heavy atom. The summed E-state index contributed by atoms with van der Waals surface area (Å²) in [5, 5.41) is 0. The van der Waals surface area contributed by atoms with Gasteiger partial charge in [-0.25, -0.2) is 4.79 Å². The van der Waals surface area contributed by atoms with Crippen LogP contribution in [-0.4, -0.2) is 29.3 Å². The lowest BCUT2D eigenvalue weighted by molar-refractivity contribution is -0.125. The molecule has 10 heavy (non-hydrogen) atoms. The molecule has 0 bridgehead atoms. The van der Waals surface area contributed by atoms with Crippen LogP contribution in [-0.2, 0) is 4.79 Å². The maximum atomic E-state index is 10.7. The van der Waals surface area contributed by atoms with E-state index in [0.717, 1.165) is 4.90 Å². The van der Waals surface area contributed by atoms with Crippen LogP contribution >= 0.6 is 11.6 Å². The van der Waals surface area contributed by atoms with Crippen molar-refractivity contribution in [2.75, 3.05) is 12.4 Å². The predicted molar refractivity (Wildman–Crippen MR) is 37.7 cm³/mol. The second-order valence-corrected chi connectivity index (χ2v) is 1.88. The number of hydrogen-bond acceptors (Lipinski definition) is 2. The molecular formula is C5H9ClN2O2. The third-order valence-corrected chi connectivity index (χ3v) is 1.23. The number of halogens is 1. The molecule has 0 fully saturated rings. The van der Waals surface area contributed by atoms with Gasteiger partial charge >= 0.3 is 6.03 Å². The lowest BCUT2D eigenvalue weighted by atomic mass is 10.5. The third kappa shape index (κ3) is 2.23. The van der Waals surface area contributed by atoms with E-state index in [-0.39, 0.29) is 12.4 Å². The topological polar surface area (TPSA) is 63.4 Å². The first-order chi connectivity index (χ1) is 4.63. The van der Waals surface area contributed by atoms with E-state index < -0.39 is 11.9 Å². The Morgan fingerprint density at radius 2 is 2.10 bits per heavy atom. The predicted octanol–water partition coefficient (Wildman–Crippen LogP) is 0.152. The quantitative estimate of drug-likeness (QED) is 0.591. The maximum absolute atomic E-state index is 10.7. The molecule has 0 radical (unpaired) electrons. The number of alkyl halides is 1. The molecule has 4 nitrogen and oxygen atoms in total. The Balaban J connectivity index is 4.06. The fourth-order valence-electron chi connectivity index (χ4n) is 0.527. The van der Waals surface area contributed by atoms with E-state index in [1.807, 2.05) is 0 Å². The number of amides is 3. The number of urea groups is 1. The average Bonchev–Trinajstić information content (AvgIpc) is 1.88. The number of rotatable bonds is 2. The van der Waals surface area contributed by atoms with Crippen LogP contribution in [0.5, 0.6) is 0 Å². The molecule has 58 valence electrons. The SMILES string of the molecule is CCN(C(N)=O)C(=O)CCl. The van der Waals surface area contributed by atoms with Crippen LogP contribution < -0.4 is 5.73 Å². The van der Waals surface area contributed by atoms with E-state index in [0.29, 0.717) is 0 Å². The zero-order valence-corrected chi connectivity index (χ0v) is 6.39. The maximum Gasteiger partial charge on any atom is 0.321 e. The normalized spacial score (nSPS) is 9.00. The number of nitrogens with two attached hydrogens (primary N) is 1. The van der Waals surface area contributed by atoms with Gasteiger partial charge in [-0.1, -0.05) is 0 Å². The summed E-state index contributed by atoms with van der Waals surface area (Å²) in [5.41, 5.74) is 4.83. The Labute approximate surface area is 63.9 Å². The highest BCUT2D eigenvalue weighted by atomic mass is 35.5. The average molecular weight is 165 g/mol. The lowest BCUT2D eigenvalue weighted by Crippen LogP contribution is -2.41. The molecule has 0 atom stereocenters. The Hall–Kier alpha value is -0.770. The van der Waals surface area contributed by atoms with Crippen molar-refractivity contribution in [2.45, 2.75) is 6.92 Å². The second-order valence-electron chi connectivity index (χ2n) is 1.61. The number of carbonyl (C=O) groups excluding carboxylic acids is 2. The van der Waals surface area contributed by atoms with Crippen molar-refractivity contribution in [3.05, 3.63) is 0 Å². The number of imide groups is 1. The second kappa shape index (κ2) is 4.11. The monoisotopic (exact) mass is 164 g/mol. The molecule has 2 N–H and O–H groups in total. The van der Waals surface area contributed by atoms with Crippen molar-refractivity contribution in [3.63, 3.8) is 0 Å². The molecule has 0 aliphatic rings. The first-order valence-electron chi connectivity index (χ1n) is 2.79. The smallest absolute Gasteiger partial charge is 0.321 e. The van der Waals surface area contributed by atoms with Gasteiger partial charge in [0.05, 0.1) is 0 Å². The molecule has 0 aromatic rings. The van der Waals surface area contributed by atoms with Gasteiger partial charge < -0.3 is 5.73 Å². The minimum Gasteiger partial charge on any atom is -0.351 e. The summed E-state index contributed by atoms with van der Waals surface area (Å²) in [6.07, 6.45) is 0. The molecule has 0 aliphatic carbocycles. The molecule has 0 aromatic heterocycles. The van der Waals surface area contributed by atoms with Gasteiger partial charge in [0.1, 0.15) is 5.88 Å². The summed E-state index contributed by atoms with van der Waals surface area (Å²) < 4.78 is 0. The van der Waals surface area contributed by atoms with Crippen molar-refractivity contribution >= 4 is 23.5 Å². The summed E-state index contributed by atoms with van der Waals surface area (Å²) in [4.78, 5) is 22.0. The van der Waals surface area contributed by atoms with Gasteiger partial charge in [-0.2, -0.15) is 0 Å². The molecule has 0 spiro atoms. The molecule has 0 unspecified atom stereocenters. The van der Waals surface area contributed by atoms with Gasteiger partial charge in [0, 0.05) is 6.54 Å². The number of primary amides is 1. The summed E-state index contributed by atoms with van der Waals surface area (Å²) in [6, 6.07) is -0.756. The van der Waals surface area contributed by atoms with Gasteiger partial charge in [0.15, 0.2) is 0 Å². The van der Waals surface area contributed by atoms with E-state index in [9.17, 15) is 9.59 Å². The van der Waals surface area contributed by atoms with Crippen molar-refractivity contribution < 1.29 is 9.59 Å². The lowest BCUT2D eigenvalue weighted by Gasteiger charge is -2.13. The van der Waals surface area contributed by atoms with Crippen LogP contribution in [0, 0.1) is 0 Å². The molecule has 0 saturated carbocycles. The first-order valence-corrected chi connectivity index (χ1v) is 3.32. The van der Waals surface area contributed by atoms with E-state index in [1.54, 1.807) is 6.92 Å². The Bertz CT molecular complexity index is 149. The highest BCUT2D eigenvalue weighted by molar-refractivity contribution is 6.28. The van der Waals surface area contributed by atoms with Crippen LogP contribution in [0.2, 0.25) is 0 Å². The molecule has 0 saturated heterocycles. The number of hydrogen-bond donors (Lipinski definition) is 1. The van der Waals surface area contributed by atoms with E-state index in [1.165, 1.54) is 0 Å². The van der Waals surface area contributed by atoms with E-state index in [4.69, 9.17) is 17.3 Å². The highest BCUT2D eigenvalue weighted by Gasteiger charge is 2.14. The fourth-order valence-corrected chi connectivity index (χ4v) is 0.672. The van der Waals surface area contributed by atoms with Crippen LogP contribution in [0.25, 0.3) is 0 Å². The zero-order valence-electron chi connectivity index (χ0n) is 5.63. The van der Waals surface area contributed by atoms with Crippen molar-refractivity contribution in [3.8, 4) is 0 Å². The van der Waals surface area contributed by atoms with E-state index in [2.05, 4.69) is 0 Å². The molecule has 0 aliphatic heterocycles. The molecule has 3 amide bonds. The minimum absolute atomic E-state index is 0.212. The van der Waals surface area contributed by atoms with Crippen LogP contribution in [0.1, 0.15) is 6.92 Å². The van der Waals surface area contributed by atoms with Crippen molar-refractivity contribution in [1.29, 1.82) is 0 Å². The van der Waals surface area contributed by atoms with Gasteiger partial charge in [-0.3, -0.25) is 9.69 Å². The Kier molecular flexibility index (Phi) is 3.79. The van der Waals surface area contributed by atoms with Gasteiger partial charge in [0.2, 0.25) is 5.91 Å². The fraction of sp³-hybridized carbons (Fsp3) is 0.600. The molecule has 0 rings (SSSR count). The summed E-state index contributed by atoms with van der Waals surface area (Å²) in [6.45, 7) is 1.91. The Morgan fingerprint density at radius 3 is 2.20 bits per heavy atom. The minimum atomic E-state index is -0.756. The van der Waals surface area contributed by atoms with Gasteiger partial charge in [0.25, 0.3) is 0 Å². The van der Waals surface area contributed by atoms with Crippen LogP contribution in [0.3, 0.4) is 0 Å². The summed E-state index contributed by atoms with van der Waals surface area (Å²) >= 11 is 5.17. The standard InChI is InChI=1S/C5H9ClN2O2/c1-2-8(5(7)10)4(9)3-6/h2-3H2,1H3,(H2,7,10). The molecule has 5 heteroatoms. The molecular weight excluding hydrogens is 156 g/mol. The summed E-state index contributed by atoms with van der Waals surface area (Å²) in [5.74, 6) is -0.673. The van der Waals surface area contributed by atoms with Gasteiger partial charge in [-0.05, 0) is 6.92 Å². The summed E-state index contributed by atoms with van der Waals surface area (Å²) in [7, 11) is 0. The zero-order chi connectivity index (χ0) is 8.15. The molecule has 0 heterocycles. The van der Waals surface area contributed by atoms with E-state index >= 15 is 0 Å².